The summed E-state index contributed by atoms with van der Waals surface area (Å²) in [6.07, 6.45) is 4.63. The third kappa shape index (κ3) is 3.38. The van der Waals surface area contributed by atoms with Crippen molar-refractivity contribution in [3.05, 3.63) is 46.4 Å². The number of aromatic nitrogens is 1. The number of esters is 1. The van der Waals surface area contributed by atoms with Crippen LogP contribution in [0.4, 0.5) is 0 Å². The van der Waals surface area contributed by atoms with Gasteiger partial charge < -0.3 is 9.30 Å². The highest BCUT2D eigenvalue weighted by Gasteiger charge is 1.97. The molecule has 0 radical (unpaired) electrons. The van der Waals surface area contributed by atoms with Gasteiger partial charge in [0.25, 0.3) is 5.56 Å². The molecule has 1 heterocycles. The van der Waals surface area contributed by atoms with Crippen molar-refractivity contribution in [2.24, 2.45) is 0 Å². The van der Waals surface area contributed by atoms with Gasteiger partial charge in [-0.2, -0.15) is 0 Å². The van der Waals surface area contributed by atoms with Gasteiger partial charge in [0, 0.05) is 24.4 Å². The number of aryl methyl sites for hydroxylation is 1. The first-order valence-electron chi connectivity index (χ1n) is 5.14. The van der Waals surface area contributed by atoms with E-state index in [0.717, 1.165) is 0 Å². The Morgan fingerprint density at radius 2 is 2.31 bits per heavy atom. The predicted octanol–water partition coefficient (Wildman–Crippen LogP) is 1.28. The maximum atomic E-state index is 11.6. The summed E-state index contributed by atoms with van der Waals surface area (Å²) in [5.41, 5.74) is 0.642. The number of hydrogen-bond acceptors (Lipinski definition) is 3. The van der Waals surface area contributed by atoms with Crippen LogP contribution in [0, 0.1) is 6.92 Å². The van der Waals surface area contributed by atoms with Crippen LogP contribution in [-0.4, -0.2) is 17.1 Å². The Morgan fingerprint density at radius 3 is 3.00 bits per heavy atom. The molecule has 0 aliphatic rings. The van der Waals surface area contributed by atoms with Gasteiger partial charge in [-0.15, -0.1) is 0 Å². The Labute approximate surface area is 94.2 Å². The summed E-state index contributed by atoms with van der Waals surface area (Å²) in [5.74, 6) is -0.386. The van der Waals surface area contributed by atoms with Gasteiger partial charge in [-0.3, -0.25) is 4.79 Å². The molecule has 1 rings (SSSR count). The van der Waals surface area contributed by atoms with E-state index >= 15 is 0 Å². The quantitative estimate of drug-likeness (QED) is 0.568. The highest BCUT2D eigenvalue weighted by molar-refractivity contribution is 5.81. The maximum absolute atomic E-state index is 11.6. The third-order valence-electron chi connectivity index (χ3n) is 2.05. The van der Waals surface area contributed by atoms with Crippen molar-refractivity contribution < 1.29 is 9.53 Å². The fourth-order valence-corrected chi connectivity index (χ4v) is 1.25. The van der Waals surface area contributed by atoms with E-state index in [1.165, 1.54) is 10.6 Å². The minimum atomic E-state index is -0.386. The van der Waals surface area contributed by atoms with Crippen LogP contribution in [0.15, 0.2) is 35.3 Å². The lowest BCUT2D eigenvalue weighted by Crippen LogP contribution is -2.20. The predicted molar refractivity (Wildman–Crippen MR) is 61.2 cm³/mol. The number of hydrogen-bond donors (Lipinski definition) is 0. The molecule has 1 aromatic heterocycles. The van der Waals surface area contributed by atoms with E-state index in [1.807, 2.05) is 0 Å². The fraction of sp³-hybridized carbons (Fsp3) is 0.333. The molecular weight excluding hydrogens is 206 g/mol. The number of rotatable bonds is 4. The average molecular weight is 221 g/mol. The summed E-state index contributed by atoms with van der Waals surface area (Å²) in [6, 6.07) is 3.56. The van der Waals surface area contributed by atoms with E-state index in [1.54, 1.807) is 38.3 Å². The van der Waals surface area contributed by atoms with E-state index < -0.39 is 0 Å². The Balaban J connectivity index is 2.65. The minimum absolute atomic E-state index is 0.0454. The molecule has 4 heteroatoms. The van der Waals surface area contributed by atoms with Crippen LogP contribution in [0.1, 0.15) is 12.5 Å². The van der Waals surface area contributed by atoms with Gasteiger partial charge in [0.15, 0.2) is 0 Å². The first-order valence-corrected chi connectivity index (χ1v) is 5.14. The van der Waals surface area contributed by atoms with Crippen LogP contribution in [0.2, 0.25) is 0 Å². The standard InChI is InChI=1S/C12H15NO3/c1-3-16-11(14)7-5-9-13-8-4-6-10(2)12(13)15/h4-8H,3,9H2,1-2H3/b7-5+. The summed E-state index contributed by atoms with van der Waals surface area (Å²) >= 11 is 0. The number of allylic oxidation sites excluding steroid dienone is 1. The molecule has 0 aliphatic carbocycles. The molecule has 0 N–H and O–H groups in total. The topological polar surface area (TPSA) is 48.3 Å². The second-order valence-electron chi connectivity index (χ2n) is 3.30. The molecule has 1 aromatic rings. The molecule has 0 spiro atoms. The second kappa shape index (κ2) is 5.90. The number of ether oxygens (including phenoxy) is 1. The number of nitrogens with zero attached hydrogens (tertiary/aromatic N) is 1. The van der Waals surface area contributed by atoms with Gasteiger partial charge in [0.05, 0.1) is 6.61 Å². The molecule has 0 fully saturated rings. The summed E-state index contributed by atoms with van der Waals surface area (Å²) in [5, 5.41) is 0. The smallest absolute Gasteiger partial charge is 0.330 e. The molecule has 16 heavy (non-hydrogen) atoms. The Hall–Kier alpha value is -1.84. The van der Waals surface area contributed by atoms with Gasteiger partial charge >= 0.3 is 5.97 Å². The molecular formula is C12H15NO3. The average Bonchev–Trinajstić information content (AvgIpc) is 2.25. The van der Waals surface area contributed by atoms with Crippen molar-refractivity contribution in [1.29, 1.82) is 0 Å². The van der Waals surface area contributed by atoms with Crippen LogP contribution in [0.5, 0.6) is 0 Å². The van der Waals surface area contributed by atoms with Crippen molar-refractivity contribution in [3.63, 3.8) is 0 Å². The normalized spacial score (nSPS) is 10.6. The van der Waals surface area contributed by atoms with E-state index in [4.69, 9.17) is 4.74 Å². The molecule has 0 saturated carbocycles. The first-order chi connectivity index (χ1) is 7.65. The molecule has 0 amide bonds. The van der Waals surface area contributed by atoms with Crippen LogP contribution in [-0.2, 0) is 16.1 Å². The van der Waals surface area contributed by atoms with E-state index in [2.05, 4.69) is 0 Å². The molecule has 0 saturated heterocycles. The van der Waals surface area contributed by atoms with Crippen molar-refractivity contribution in [3.8, 4) is 0 Å². The number of carbonyl (C=O) groups is 1. The maximum Gasteiger partial charge on any atom is 0.330 e. The van der Waals surface area contributed by atoms with Crippen LogP contribution >= 0.6 is 0 Å². The highest BCUT2D eigenvalue weighted by atomic mass is 16.5. The molecule has 0 aromatic carbocycles. The van der Waals surface area contributed by atoms with E-state index in [0.29, 0.717) is 18.7 Å². The summed E-state index contributed by atoms with van der Waals surface area (Å²) in [6.45, 7) is 4.23. The van der Waals surface area contributed by atoms with Gasteiger partial charge in [-0.1, -0.05) is 12.1 Å². The first kappa shape index (κ1) is 12.2. The zero-order chi connectivity index (χ0) is 12.0. The number of pyridine rings is 1. The largest absolute Gasteiger partial charge is 0.463 e. The van der Waals surface area contributed by atoms with Gasteiger partial charge in [0.1, 0.15) is 0 Å². The fourth-order valence-electron chi connectivity index (χ4n) is 1.25. The molecule has 0 atom stereocenters. The van der Waals surface area contributed by atoms with Crippen molar-refractivity contribution in [2.45, 2.75) is 20.4 Å². The Morgan fingerprint density at radius 1 is 1.56 bits per heavy atom. The summed E-state index contributed by atoms with van der Waals surface area (Å²) in [7, 11) is 0. The van der Waals surface area contributed by atoms with Gasteiger partial charge in [-0.25, -0.2) is 4.79 Å². The van der Waals surface area contributed by atoms with Gasteiger partial charge in [-0.05, 0) is 19.9 Å². The molecule has 0 bridgehead atoms. The molecule has 0 unspecified atom stereocenters. The Kier molecular flexibility index (Phi) is 4.51. The highest BCUT2D eigenvalue weighted by Crippen LogP contribution is 1.90. The third-order valence-corrected chi connectivity index (χ3v) is 2.05. The monoisotopic (exact) mass is 221 g/mol. The lowest BCUT2D eigenvalue weighted by Gasteiger charge is -2.02. The summed E-state index contributed by atoms with van der Waals surface area (Å²) in [4.78, 5) is 22.6. The molecule has 86 valence electrons. The van der Waals surface area contributed by atoms with Crippen molar-refractivity contribution >= 4 is 5.97 Å². The Bertz CT molecular complexity index is 446. The minimum Gasteiger partial charge on any atom is -0.463 e. The molecule has 0 aliphatic heterocycles. The zero-order valence-corrected chi connectivity index (χ0v) is 9.47. The lowest BCUT2D eigenvalue weighted by molar-refractivity contribution is -0.137. The van der Waals surface area contributed by atoms with E-state index in [9.17, 15) is 9.59 Å². The van der Waals surface area contributed by atoms with Crippen LogP contribution in [0.25, 0.3) is 0 Å². The van der Waals surface area contributed by atoms with Crippen molar-refractivity contribution in [2.75, 3.05) is 6.61 Å². The van der Waals surface area contributed by atoms with E-state index in [-0.39, 0.29) is 11.5 Å². The van der Waals surface area contributed by atoms with Gasteiger partial charge in [0.2, 0.25) is 0 Å². The zero-order valence-electron chi connectivity index (χ0n) is 9.47. The van der Waals surface area contributed by atoms with Crippen LogP contribution < -0.4 is 5.56 Å². The molecule has 4 nitrogen and oxygen atoms in total. The van der Waals surface area contributed by atoms with Crippen molar-refractivity contribution in [1.82, 2.24) is 4.57 Å². The lowest BCUT2D eigenvalue weighted by atomic mass is 10.3. The number of carbonyl (C=O) groups excluding carboxylic acids is 1. The van der Waals surface area contributed by atoms with Crippen LogP contribution in [0.3, 0.4) is 0 Å². The summed E-state index contributed by atoms with van der Waals surface area (Å²) < 4.78 is 6.25. The SMILES string of the molecule is CCOC(=O)/C=C/Cn1cccc(C)c1=O. The second-order valence-corrected chi connectivity index (χ2v) is 3.30.